The summed E-state index contributed by atoms with van der Waals surface area (Å²) in [5.41, 5.74) is 7.71. The van der Waals surface area contributed by atoms with E-state index in [1.54, 1.807) is 22.8 Å². The zero-order chi connectivity index (χ0) is 25.2. The van der Waals surface area contributed by atoms with E-state index >= 15 is 0 Å². The maximum Gasteiger partial charge on any atom is 0.405 e. The SMILES string of the molecule is CC(C)Cn1c(C(NC(=O)O)C(C)(C)C)c(-c2ccccc2)c2cc(/C(N)=N\O)ccc2c1=O. The van der Waals surface area contributed by atoms with Crippen LogP contribution < -0.4 is 16.6 Å². The summed E-state index contributed by atoms with van der Waals surface area (Å²) < 4.78 is 1.70. The van der Waals surface area contributed by atoms with Crippen molar-refractivity contribution in [1.82, 2.24) is 9.88 Å². The fourth-order valence-electron chi connectivity index (χ4n) is 4.26. The zero-order valence-electron chi connectivity index (χ0n) is 20.2. The van der Waals surface area contributed by atoms with Crippen molar-refractivity contribution in [3.63, 3.8) is 0 Å². The minimum Gasteiger partial charge on any atom is -0.465 e. The molecule has 0 fully saturated rings. The molecule has 3 aromatic rings. The number of amidine groups is 1. The molecule has 2 aromatic carbocycles. The number of benzene rings is 2. The Labute approximate surface area is 198 Å². The number of fused-ring (bicyclic) bond motifs is 1. The normalized spacial score (nSPS) is 13.3. The molecule has 1 amide bonds. The van der Waals surface area contributed by atoms with Gasteiger partial charge in [0.25, 0.3) is 5.56 Å². The number of aromatic nitrogens is 1. The molecule has 0 aliphatic heterocycles. The van der Waals surface area contributed by atoms with Crippen molar-refractivity contribution in [2.45, 2.75) is 47.2 Å². The number of nitrogens with zero attached hydrogens (tertiary/aromatic N) is 2. The fourth-order valence-corrected chi connectivity index (χ4v) is 4.26. The lowest BCUT2D eigenvalue weighted by Gasteiger charge is -2.35. The maximum absolute atomic E-state index is 13.8. The molecule has 0 aliphatic rings. The van der Waals surface area contributed by atoms with Crippen LogP contribution in [0, 0.1) is 11.3 Å². The van der Waals surface area contributed by atoms with E-state index in [1.165, 1.54) is 0 Å². The number of nitrogens with one attached hydrogen (secondary N) is 1. The lowest BCUT2D eigenvalue weighted by atomic mass is 9.80. The Bertz CT molecular complexity index is 1290. The molecule has 34 heavy (non-hydrogen) atoms. The minimum atomic E-state index is -1.17. The highest BCUT2D eigenvalue weighted by atomic mass is 16.4. The average molecular weight is 465 g/mol. The summed E-state index contributed by atoms with van der Waals surface area (Å²) in [7, 11) is 0. The molecule has 1 atom stereocenters. The van der Waals surface area contributed by atoms with Crippen molar-refractivity contribution in [2.75, 3.05) is 0 Å². The maximum atomic E-state index is 13.8. The second-order valence-electron chi connectivity index (χ2n) is 9.93. The molecule has 1 unspecified atom stereocenters. The van der Waals surface area contributed by atoms with E-state index < -0.39 is 17.6 Å². The topological polar surface area (TPSA) is 130 Å². The summed E-state index contributed by atoms with van der Waals surface area (Å²) in [6.45, 7) is 10.2. The number of hydrogen-bond acceptors (Lipinski definition) is 4. The summed E-state index contributed by atoms with van der Waals surface area (Å²) >= 11 is 0. The Kier molecular flexibility index (Phi) is 7.00. The zero-order valence-corrected chi connectivity index (χ0v) is 20.2. The van der Waals surface area contributed by atoms with Crippen LogP contribution in [0.1, 0.15) is 51.9 Å². The van der Waals surface area contributed by atoms with E-state index in [0.717, 1.165) is 11.1 Å². The molecule has 0 bridgehead atoms. The molecule has 0 spiro atoms. The third kappa shape index (κ3) is 4.90. The number of carboxylic acid groups (broad SMARTS) is 1. The van der Waals surface area contributed by atoms with Crippen LogP contribution in [0.15, 0.2) is 58.5 Å². The molecule has 8 nitrogen and oxygen atoms in total. The number of pyridine rings is 1. The number of carbonyl (C=O) groups is 1. The van der Waals surface area contributed by atoms with Gasteiger partial charge in [-0.05, 0) is 34.4 Å². The Balaban J connectivity index is 2.61. The van der Waals surface area contributed by atoms with Crippen LogP contribution in [0.3, 0.4) is 0 Å². The molecular weight excluding hydrogens is 432 g/mol. The predicted octanol–water partition coefficient (Wildman–Crippen LogP) is 4.77. The van der Waals surface area contributed by atoms with Crippen LogP contribution in [0.5, 0.6) is 0 Å². The molecule has 5 N–H and O–H groups in total. The predicted molar refractivity (Wildman–Crippen MR) is 134 cm³/mol. The van der Waals surface area contributed by atoms with Gasteiger partial charge in [0.2, 0.25) is 0 Å². The van der Waals surface area contributed by atoms with Crippen LogP contribution in [0.4, 0.5) is 4.79 Å². The van der Waals surface area contributed by atoms with Gasteiger partial charge in [-0.1, -0.05) is 76.2 Å². The van der Waals surface area contributed by atoms with Gasteiger partial charge in [0, 0.05) is 23.1 Å². The van der Waals surface area contributed by atoms with E-state index in [0.29, 0.717) is 28.6 Å². The van der Waals surface area contributed by atoms with Crippen LogP contribution in [0.25, 0.3) is 21.9 Å². The molecule has 180 valence electrons. The number of rotatable bonds is 6. The lowest BCUT2D eigenvalue weighted by molar-refractivity contribution is 0.172. The molecule has 0 aliphatic carbocycles. The quantitative estimate of drug-likeness (QED) is 0.181. The van der Waals surface area contributed by atoms with Crippen LogP contribution in [0.2, 0.25) is 0 Å². The van der Waals surface area contributed by atoms with E-state index in [-0.39, 0.29) is 17.3 Å². The molecule has 3 rings (SSSR count). The van der Waals surface area contributed by atoms with Gasteiger partial charge in [-0.3, -0.25) is 4.79 Å². The molecule has 0 saturated heterocycles. The van der Waals surface area contributed by atoms with Crippen molar-refractivity contribution in [3.8, 4) is 11.1 Å². The third-order valence-corrected chi connectivity index (χ3v) is 5.73. The van der Waals surface area contributed by atoms with Crippen LogP contribution in [-0.4, -0.2) is 26.8 Å². The first-order valence-corrected chi connectivity index (χ1v) is 11.2. The molecule has 0 radical (unpaired) electrons. The van der Waals surface area contributed by atoms with Gasteiger partial charge in [-0.2, -0.15) is 0 Å². The Hall–Kier alpha value is -3.81. The third-order valence-electron chi connectivity index (χ3n) is 5.73. The van der Waals surface area contributed by atoms with Gasteiger partial charge in [0.05, 0.1) is 11.7 Å². The highest BCUT2D eigenvalue weighted by Crippen LogP contribution is 2.41. The van der Waals surface area contributed by atoms with E-state index in [1.807, 2.05) is 65.0 Å². The fraction of sp³-hybridized carbons (Fsp3) is 0.346. The number of hydrogen-bond donors (Lipinski definition) is 4. The Morgan fingerprint density at radius 2 is 1.76 bits per heavy atom. The summed E-state index contributed by atoms with van der Waals surface area (Å²) in [5, 5.41) is 25.8. The highest BCUT2D eigenvalue weighted by molar-refractivity contribution is 6.04. The van der Waals surface area contributed by atoms with Gasteiger partial charge in [-0.15, -0.1) is 0 Å². The molecule has 1 heterocycles. The van der Waals surface area contributed by atoms with E-state index in [9.17, 15) is 19.9 Å². The molecule has 0 saturated carbocycles. The van der Waals surface area contributed by atoms with Crippen molar-refractivity contribution in [2.24, 2.45) is 22.2 Å². The van der Waals surface area contributed by atoms with Crippen molar-refractivity contribution in [3.05, 3.63) is 70.1 Å². The monoisotopic (exact) mass is 464 g/mol. The summed E-state index contributed by atoms with van der Waals surface area (Å²) in [6.07, 6.45) is -1.17. The summed E-state index contributed by atoms with van der Waals surface area (Å²) in [6, 6.07) is 13.9. The first-order chi connectivity index (χ1) is 16.0. The van der Waals surface area contributed by atoms with Gasteiger partial charge >= 0.3 is 6.09 Å². The van der Waals surface area contributed by atoms with E-state index in [2.05, 4.69) is 10.5 Å². The van der Waals surface area contributed by atoms with Gasteiger partial charge < -0.3 is 25.9 Å². The lowest BCUT2D eigenvalue weighted by Crippen LogP contribution is -2.40. The smallest absolute Gasteiger partial charge is 0.405 e. The minimum absolute atomic E-state index is 0.0788. The van der Waals surface area contributed by atoms with Gasteiger partial charge in [-0.25, -0.2) is 4.79 Å². The van der Waals surface area contributed by atoms with E-state index in [4.69, 9.17) is 5.73 Å². The number of oxime groups is 1. The van der Waals surface area contributed by atoms with Crippen LogP contribution >= 0.6 is 0 Å². The number of nitrogens with two attached hydrogens (primary N) is 1. The Morgan fingerprint density at radius 1 is 1.12 bits per heavy atom. The number of amides is 1. The van der Waals surface area contributed by atoms with Crippen molar-refractivity contribution >= 4 is 22.7 Å². The molecular formula is C26H32N4O4. The largest absolute Gasteiger partial charge is 0.465 e. The second kappa shape index (κ2) is 9.59. The highest BCUT2D eigenvalue weighted by Gasteiger charge is 2.34. The van der Waals surface area contributed by atoms with Crippen molar-refractivity contribution in [1.29, 1.82) is 0 Å². The standard InChI is InChI=1S/C26H32N4O4/c1-15(2)14-30-21(22(26(3,4)5)28-25(32)33)20(16-9-7-6-8-10-16)19-13-17(23(27)29-34)11-12-18(19)24(30)31/h6-13,15,22,28,34H,14H2,1-5H3,(H2,27,29)(H,32,33). The molecule has 1 aromatic heterocycles. The second-order valence-corrected chi connectivity index (χ2v) is 9.93. The van der Waals surface area contributed by atoms with Gasteiger partial charge in [0.1, 0.15) is 0 Å². The Morgan fingerprint density at radius 3 is 2.29 bits per heavy atom. The first kappa shape index (κ1) is 24.8. The van der Waals surface area contributed by atoms with Gasteiger partial charge in [0.15, 0.2) is 5.84 Å². The summed E-state index contributed by atoms with van der Waals surface area (Å²) in [5.74, 6) is 0.0595. The average Bonchev–Trinajstić information content (AvgIpc) is 2.78. The van der Waals surface area contributed by atoms with Crippen LogP contribution in [-0.2, 0) is 6.54 Å². The first-order valence-electron chi connectivity index (χ1n) is 11.2. The van der Waals surface area contributed by atoms with Crippen molar-refractivity contribution < 1.29 is 15.1 Å². The molecule has 8 heteroatoms. The summed E-state index contributed by atoms with van der Waals surface area (Å²) in [4.78, 5) is 25.7.